The van der Waals surface area contributed by atoms with E-state index in [9.17, 15) is 8.42 Å². The third-order valence-electron chi connectivity index (χ3n) is 5.98. The molecule has 0 bridgehead atoms. The molecule has 3 N–H and O–H groups in total. The first-order valence-electron chi connectivity index (χ1n) is 11.1. The Labute approximate surface area is 193 Å². The maximum absolute atomic E-state index is 11.8. The molecule has 33 heavy (non-hydrogen) atoms. The Kier molecular flexibility index (Phi) is 5.81. The van der Waals surface area contributed by atoms with Crippen LogP contribution in [-0.2, 0) is 14.8 Å². The minimum atomic E-state index is -3.82. The van der Waals surface area contributed by atoms with E-state index in [4.69, 9.17) is 19.7 Å². The number of nitrogens with zero attached hydrogens (tertiary/aromatic N) is 3. The highest BCUT2D eigenvalue weighted by molar-refractivity contribution is 7.89. The second-order valence-corrected chi connectivity index (χ2v) is 10.1. The molecule has 0 radical (unpaired) electrons. The molecule has 5 rings (SSSR count). The normalized spacial score (nSPS) is 17.2. The third-order valence-corrected chi connectivity index (χ3v) is 7.03. The van der Waals surface area contributed by atoms with Gasteiger partial charge >= 0.3 is 0 Å². The summed E-state index contributed by atoms with van der Waals surface area (Å²) < 4.78 is 37.5. The van der Waals surface area contributed by atoms with E-state index in [-0.39, 0.29) is 4.90 Å². The zero-order valence-corrected chi connectivity index (χ0v) is 19.2. The van der Waals surface area contributed by atoms with Crippen molar-refractivity contribution < 1.29 is 17.9 Å². The summed E-state index contributed by atoms with van der Waals surface area (Å²) in [5, 5.41) is 13.3. The lowest BCUT2D eigenvalue weighted by molar-refractivity contribution is 0.0839. The van der Waals surface area contributed by atoms with Crippen molar-refractivity contribution in [3.8, 4) is 11.5 Å². The predicted molar refractivity (Wildman–Crippen MR) is 123 cm³/mol. The van der Waals surface area contributed by atoms with Crippen LogP contribution in [0, 0.1) is 6.92 Å². The van der Waals surface area contributed by atoms with Gasteiger partial charge in [-0.2, -0.15) is 5.10 Å². The number of pyridine rings is 1. The zero-order valence-electron chi connectivity index (χ0n) is 18.4. The highest BCUT2D eigenvalue weighted by Crippen LogP contribution is 2.40. The summed E-state index contributed by atoms with van der Waals surface area (Å²) in [6, 6.07) is 9.02. The van der Waals surface area contributed by atoms with Gasteiger partial charge in [-0.3, -0.25) is 4.68 Å². The highest BCUT2D eigenvalue weighted by atomic mass is 32.2. The lowest BCUT2D eigenvalue weighted by atomic mass is 9.96. The number of nitrogens with one attached hydrogen (secondary N) is 1. The average Bonchev–Trinajstić information content (AvgIpc) is 3.56. The number of ether oxygens (including phenoxy) is 2. The third kappa shape index (κ3) is 5.02. The van der Waals surface area contributed by atoms with Crippen LogP contribution < -0.4 is 15.2 Å². The van der Waals surface area contributed by atoms with Gasteiger partial charge < -0.3 is 14.8 Å². The Bertz CT molecular complexity index is 1260. The predicted octanol–water partition coefficient (Wildman–Crippen LogP) is 4.00. The fourth-order valence-electron chi connectivity index (χ4n) is 4.05. The van der Waals surface area contributed by atoms with Crippen LogP contribution in [0.5, 0.6) is 11.5 Å². The number of aryl methyl sites for hydroxylation is 1. The number of anilines is 2. The van der Waals surface area contributed by atoms with Gasteiger partial charge in [0.15, 0.2) is 5.75 Å². The van der Waals surface area contributed by atoms with Crippen LogP contribution in [0.4, 0.5) is 11.5 Å². The maximum atomic E-state index is 11.8. The van der Waals surface area contributed by atoms with E-state index in [1.54, 1.807) is 37.4 Å². The Morgan fingerprint density at radius 1 is 1.15 bits per heavy atom. The molecule has 0 spiro atoms. The molecule has 1 aliphatic heterocycles. The van der Waals surface area contributed by atoms with Crippen molar-refractivity contribution in [3.63, 3.8) is 0 Å². The number of benzene rings is 1. The highest BCUT2D eigenvalue weighted by Gasteiger charge is 2.29. The van der Waals surface area contributed by atoms with Gasteiger partial charge in [0.05, 0.1) is 17.1 Å². The summed E-state index contributed by atoms with van der Waals surface area (Å²) in [5.74, 6) is 2.23. The summed E-state index contributed by atoms with van der Waals surface area (Å²) in [6.07, 6.45) is 7.80. The van der Waals surface area contributed by atoms with Gasteiger partial charge in [-0.05, 0) is 56.4 Å². The lowest BCUT2D eigenvalue weighted by Gasteiger charge is -2.21. The molecule has 0 unspecified atom stereocenters. The number of hydrogen-bond donors (Lipinski definition) is 2. The summed E-state index contributed by atoms with van der Waals surface area (Å²) in [7, 11) is -3.82. The van der Waals surface area contributed by atoms with Crippen molar-refractivity contribution in [2.45, 2.75) is 49.5 Å². The fraction of sp³-hybridized carbons (Fsp3) is 0.391. The first-order chi connectivity index (χ1) is 15.9. The molecule has 2 fully saturated rings. The summed E-state index contributed by atoms with van der Waals surface area (Å²) >= 11 is 0. The molecule has 2 aromatic heterocycles. The van der Waals surface area contributed by atoms with Crippen molar-refractivity contribution in [1.29, 1.82) is 0 Å². The minimum Gasteiger partial charge on any atom is -0.454 e. The van der Waals surface area contributed by atoms with Gasteiger partial charge in [0.2, 0.25) is 10.0 Å². The van der Waals surface area contributed by atoms with Crippen molar-refractivity contribution in [2.75, 3.05) is 18.5 Å². The largest absolute Gasteiger partial charge is 0.454 e. The monoisotopic (exact) mass is 469 g/mol. The molecular weight excluding hydrogens is 442 g/mol. The van der Waals surface area contributed by atoms with E-state index in [1.165, 1.54) is 6.07 Å². The fourth-order valence-corrected chi connectivity index (χ4v) is 4.86. The van der Waals surface area contributed by atoms with E-state index in [2.05, 4.69) is 10.3 Å². The van der Waals surface area contributed by atoms with Crippen LogP contribution in [0.2, 0.25) is 0 Å². The standard InChI is InChI=1S/C23H27N5O4S/c1-15-2-3-17(12-21(15)33(24,29)30)26-22-13-19(6-9-25-22)32-20-14-28(18-4-5-18)27-23(20)16-7-10-31-11-8-16/h2-3,6,9,12-14,16,18H,4-5,7-8,10-11H2,1H3,(H,25,26)(H2,24,29,30). The SMILES string of the molecule is Cc1ccc(Nc2cc(Oc3cn(C4CC4)nc3C3CCOCC3)ccn2)cc1S(N)(=O)=O. The van der Waals surface area contributed by atoms with Crippen molar-refractivity contribution in [1.82, 2.24) is 14.8 Å². The van der Waals surface area contributed by atoms with Crippen molar-refractivity contribution in [2.24, 2.45) is 5.14 Å². The Morgan fingerprint density at radius 3 is 2.67 bits per heavy atom. The average molecular weight is 470 g/mol. The molecule has 10 heteroatoms. The Morgan fingerprint density at radius 2 is 1.94 bits per heavy atom. The van der Waals surface area contributed by atoms with Gasteiger partial charge in [0.25, 0.3) is 0 Å². The number of aromatic nitrogens is 3. The van der Waals surface area contributed by atoms with Gasteiger partial charge in [-0.1, -0.05) is 6.07 Å². The molecule has 3 aromatic rings. The Hall–Kier alpha value is -2.95. The van der Waals surface area contributed by atoms with Crippen molar-refractivity contribution in [3.05, 3.63) is 54.0 Å². The second kappa shape index (κ2) is 8.77. The van der Waals surface area contributed by atoms with E-state index in [1.807, 2.05) is 10.9 Å². The van der Waals surface area contributed by atoms with Gasteiger partial charge in [0.1, 0.15) is 17.3 Å². The molecule has 1 saturated heterocycles. The molecule has 1 saturated carbocycles. The van der Waals surface area contributed by atoms with Crippen molar-refractivity contribution >= 4 is 21.5 Å². The molecule has 0 atom stereocenters. The number of rotatable bonds is 7. The van der Waals surface area contributed by atoms with Crippen LogP contribution >= 0.6 is 0 Å². The quantitative estimate of drug-likeness (QED) is 0.536. The number of nitrogens with two attached hydrogens (primary N) is 1. The zero-order chi connectivity index (χ0) is 23.0. The molecule has 9 nitrogen and oxygen atoms in total. The first-order valence-corrected chi connectivity index (χ1v) is 12.6. The van der Waals surface area contributed by atoms with Crippen LogP contribution in [0.25, 0.3) is 0 Å². The van der Waals surface area contributed by atoms with Crippen LogP contribution in [-0.4, -0.2) is 36.4 Å². The van der Waals surface area contributed by atoms with Gasteiger partial charge in [-0.15, -0.1) is 0 Å². The summed E-state index contributed by atoms with van der Waals surface area (Å²) in [4.78, 5) is 4.41. The number of sulfonamides is 1. The number of hydrogen-bond acceptors (Lipinski definition) is 7. The van der Waals surface area contributed by atoms with E-state index >= 15 is 0 Å². The molecular formula is C23H27N5O4S. The summed E-state index contributed by atoms with van der Waals surface area (Å²) in [5.41, 5.74) is 2.13. The maximum Gasteiger partial charge on any atom is 0.238 e. The van der Waals surface area contributed by atoms with E-state index in [0.717, 1.165) is 50.3 Å². The molecule has 1 aromatic carbocycles. The minimum absolute atomic E-state index is 0.0773. The summed E-state index contributed by atoms with van der Waals surface area (Å²) in [6.45, 7) is 3.18. The topological polar surface area (TPSA) is 121 Å². The Balaban J connectivity index is 1.38. The molecule has 2 aliphatic rings. The smallest absolute Gasteiger partial charge is 0.238 e. The first kappa shape index (κ1) is 21.9. The molecule has 0 amide bonds. The van der Waals surface area contributed by atoms with Gasteiger partial charge in [-0.25, -0.2) is 18.5 Å². The van der Waals surface area contributed by atoms with Crippen LogP contribution in [0.3, 0.4) is 0 Å². The van der Waals surface area contributed by atoms with E-state index < -0.39 is 10.0 Å². The van der Waals surface area contributed by atoms with Crippen LogP contribution in [0.1, 0.15) is 48.9 Å². The van der Waals surface area contributed by atoms with Crippen LogP contribution in [0.15, 0.2) is 47.6 Å². The molecule has 3 heterocycles. The second-order valence-electron chi connectivity index (χ2n) is 8.61. The van der Waals surface area contributed by atoms with Gasteiger partial charge in [0, 0.05) is 37.1 Å². The molecule has 1 aliphatic carbocycles. The van der Waals surface area contributed by atoms with E-state index in [0.29, 0.717) is 34.8 Å². The molecule has 174 valence electrons. The lowest BCUT2D eigenvalue weighted by Crippen LogP contribution is -2.15. The number of primary sulfonamides is 1.